The molecule has 2 aliphatic heterocycles. The highest BCUT2D eigenvalue weighted by Gasteiger charge is 2.29. The molecule has 0 amide bonds. The fourth-order valence-corrected chi connectivity index (χ4v) is 3.78. The van der Waals surface area contributed by atoms with Gasteiger partial charge >= 0.3 is 0 Å². The number of thioether (sulfide) groups is 1. The first kappa shape index (κ1) is 13.2. The van der Waals surface area contributed by atoms with Crippen molar-refractivity contribution < 1.29 is 9.26 Å². The monoisotopic (exact) mass is 303 g/mol. The van der Waals surface area contributed by atoms with E-state index in [4.69, 9.17) is 9.26 Å². The van der Waals surface area contributed by atoms with Crippen LogP contribution in [0.5, 0.6) is 5.75 Å². The molecule has 2 atom stereocenters. The first-order valence-corrected chi connectivity index (χ1v) is 8.41. The Balaban J connectivity index is 1.50. The van der Waals surface area contributed by atoms with E-state index >= 15 is 0 Å². The van der Waals surface area contributed by atoms with Crippen molar-refractivity contribution in [2.24, 2.45) is 0 Å². The topological polar surface area (TPSA) is 60.2 Å². The lowest BCUT2D eigenvalue weighted by molar-refractivity contribution is 0.329. The number of benzene rings is 1. The SMILES string of the molecule is c1ccc2c(c1)OCC2c1noc(CC2CSCCN2)n1. The Morgan fingerprint density at radius 1 is 1.33 bits per heavy atom. The summed E-state index contributed by atoms with van der Waals surface area (Å²) in [5.74, 6) is 4.76. The Morgan fingerprint density at radius 2 is 2.29 bits per heavy atom. The van der Waals surface area contributed by atoms with Crippen LogP contribution in [0.1, 0.15) is 23.2 Å². The highest BCUT2D eigenvalue weighted by Crippen LogP contribution is 2.36. The summed E-state index contributed by atoms with van der Waals surface area (Å²) in [5, 5.41) is 7.65. The van der Waals surface area contributed by atoms with Gasteiger partial charge in [0, 0.05) is 36.1 Å². The molecule has 0 aliphatic carbocycles. The zero-order chi connectivity index (χ0) is 14.1. The number of ether oxygens (including phenoxy) is 1. The zero-order valence-corrected chi connectivity index (χ0v) is 12.4. The zero-order valence-electron chi connectivity index (χ0n) is 11.6. The molecule has 6 heteroatoms. The van der Waals surface area contributed by atoms with E-state index in [1.54, 1.807) is 0 Å². The van der Waals surface area contributed by atoms with Gasteiger partial charge in [0.1, 0.15) is 12.4 Å². The summed E-state index contributed by atoms with van der Waals surface area (Å²) in [4.78, 5) is 4.58. The quantitative estimate of drug-likeness (QED) is 0.933. The van der Waals surface area contributed by atoms with Gasteiger partial charge in [-0.25, -0.2) is 0 Å². The molecule has 4 rings (SSSR count). The van der Waals surface area contributed by atoms with Gasteiger partial charge < -0.3 is 14.6 Å². The summed E-state index contributed by atoms with van der Waals surface area (Å²) >= 11 is 1.97. The third-order valence-electron chi connectivity index (χ3n) is 3.91. The number of nitrogens with one attached hydrogen (secondary N) is 1. The average Bonchev–Trinajstić information content (AvgIpc) is 3.14. The van der Waals surface area contributed by atoms with Gasteiger partial charge in [-0.1, -0.05) is 23.4 Å². The van der Waals surface area contributed by atoms with Gasteiger partial charge in [-0.2, -0.15) is 16.7 Å². The van der Waals surface area contributed by atoms with E-state index in [1.807, 2.05) is 30.0 Å². The number of hydrogen-bond acceptors (Lipinski definition) is 6. The third-order valence-corrected chi connectivity index (χ3v) is 5.05. The second kappa shape index (κ2) is 5.69. The molecule has 2 unspecified atom stereocenters. The van der Waals surface area contributed by atoms with E-state index in [0.29, 0.717) is 12.6 Å². The van der Waals surface area contributed by atoms with E-state index < -0.39 is 0 Å². The molecular formula is C15H17N3O2S. The Morgan fingerprint density at radius 3 is 3.19 bits per heavy atom. The lowest BCUT2D eigenvalue weighted by Crippen LogP contribution is -2.38. The van der Waals surface area contributed by atoms with E-state index in [9.17, 15) is 0 Å². The smallest absolute Gasteiger partial charge is 0.228 e. The van der Waals surface area contributed by atoms with Crippen LogP contribution in [0.15, 0.2) is 28.8 Å². The molecule has 0 saturated carbocycles. The van der Waals surface area contributed by atoms with Gasteiger partial charge in [-0.05, 0) is 6.07 Å². The summed E-state index contributed by atoms with van der Waals surface area (Å²) in [6, 6.07) is 8.49. The van der Waals surface area contributed by atoms with Crippen molar-refractivity contribution in [1.82, 2.24) is 15.5 Å². The van der Waals surface area contributed by atoms with Gasteiger partial charge in [-0.3, -0.25) is 0 Å². The summed E-state index contributed by atoms with van der Waals surface area (Å²) in [5.41, 5.74) is 1.15. The van der Waals surface area contributed by atoms with Gasteiger partial charge in [0.15, 0.2) is 5.82 Å². The number of nitrogens with zero attached hydrogens (tertiary/aromatic N) is 2. The Bertz CT molecular complexity index is 625. The van der Waals surface area contributed by atoms with E-state index in [0.717, 1.165) is 41.7 Å². The number of para-hydroxylation sites is 1. The van der Waals surface area contributed by atoms with Crippen LogP contribution >= 0.6 is 11.8 Å². The molecule has 1 fully saturated rings. The van der Waals surface area contributed by atoms with Gasteiger partial charge in [0.25, 0.3) is 0 Å². The second-order valence-electron chi connectivity index (χ2n) is 5.38. The molecule has 0 radical (unpaired) electrons. The summed E-state index contributed by atoms with van der Waals surface area (Å²) < 4.78 is 11.1. The Hall–Kier alpha value is -1.53. The van der Waals surface area contributed by atoms with Crippen molar-refractivity contribution >= 4 is 11.8 Å². The Kier molecular flexibility index (Phi) is 3.57. The molecule has 1 aromatic heterocycles. The predicted molar refractivity (Wildman–Crippen MR) is 80.9 cm³/mol. The molecule has 21 heavy (non-hydrogen) atoms. The summed E-state index contributed by atoms with van der Waals surface area (Å²) in [7, 11) is 0. The number of aromatic nitrogens is 2. The largest absolute Gasteiger partial charge is 0.492 e. The van der Waals surface area contributed by atoms with Crippen LogP contribution in [0.4, 0.5) is 0 Å². The highest BCUT2D eigenvalue weighted by atomic mass is 32.2. The molecule has 3 heterocycles. The van der Waals surface area contributed by atoms with Crippen molar-refractivity contribution in [3.63, 3.8) is 0 Å². The molecular weight excluding hydrogens is 286 g/mol. The van der Waals surface area contributed by atoms with Crippen LogP contribution in [-0.2, 0) is 6.42 Å². The van der Waals surface area contributed by atoms with Crippen LogP contribution in [0.25, 0.3) is 0 Å². The first-order valence-electron chi connectivity index (χ1n) is 7.25. The maximum absolute atomic E-state index is 5.69. The van der Waals surface area contributed by atoms with Crippen LogP contribution < -0.4 is 10.1 Å². The molecule has 2 aromatic rings. The molecule has 0 bridgehead atoms. The summed E-state index contributed by atoms with van der Waals surface area (Å²) in [6.45, 7) is 1.65. The van der Waals surface area contributed by atoms with E-state index in [-0.39, 0.29) is 5.92 Å². The number of hydrogen-bond donors (Lipinski definition) is 1. The van der Waals surface area contributed by atoms with E-state index in [1.165, 1.54) is 5.75 Å². The van der Waals surface area contributed by atoms with Gasteiger partial charge in [0.05, 0.1) is 5.92 Å². The number of fused-ring (bicyclic) bond motifs is 1. The number of rotatable bonds is 3. The minimum atomic E-state index is 0.0902. The molecule has 5 nitrogen and oxygen atoms in total. The molecule has 1 aromatic carbocycles. The average molecular weight is 303 g/mol. The summed E-state index contributed by atoms with van der Waals surface area (Å²) in [6.07, 6.45) is 0.801. The second-order valence-corrected chi connectivity index (χ2v) is 6.53. The predicted octanol–water partition coefficient (Wildman–Crippen LogP) is 1.84. The van der Waals surface area contributed by atoms with Crippen LogP contribution in [0, 0.1) is 0 Å². The maximum atomic E-state index is 5.69. The van der Waals surface area contributed by atoms with Crippen LogP contribution in [-0.4, -0.2) is 40.8 Å². The van der Waals surface area contributed by atoms with Crippen molar-refractivity contribution in [1.29, 1.82) is 0 Å². The first-order chi connectivity index (χ1) is 10.4. The minimum Gasteiger partial charge on any atom is -0.492 e. The van der Waals surface area contributed by atoms with Crippen molar-refractivity contribution in [3.8, 4) is 5.75 Å². The molecule has 2 aliphatic rings. The lowest BCUT2D eigenvalue weighted by atomic mass is 10.0. The standard InChI is InChI=1S/C15H17N3O2S/c1-2-4-13-11(3-1)12(8-19-13)15-17-14(20-18-15)7-10-9-21-6-5-16-10/h1-4,10,12,16H,5-9H2. The van der Waals surface area contributed by atoms with Crippen molar-refractivity contribution in [2.45, 2.75) is 18.4 Å². The fraction of sp³-hybridized carbons (Fsp3) is 0.467. The van der Waals surface area contributed by atoms with Crippen LogP contribution in [0.2, 0.25) is 0 Å². The molecule has 1 saturated heterocycles. The molecule has 1 N–H and O–H groups in total. The fourth-order valence-electron chi connectivity index (χ4n) is 2.83. The minimum absolute atomic E-state index is 0.0902. The van der Waals surface area contributed by atoms with Gasteiger partial charge in [0.2, 0.25) is 5.89 Å². The maximum Gasteiger partial charge on any atom is 0.228 e. The molecule has 0 spiro atoms. The normalized spacial score (nSPS) is 24.6. The van der Waals surface area contributed by atoms with Crippen LogP contribution in [0.3, 0.4) is 0 Å². The highest BCUT2D eigenvalue weighted by molar-refractivity contribution is 7.99. The van der Waals surface area contributed by atoms with Gasteiger partial charge in [-0.15, -0.1) is 0 Å². The van der Waals surface area contributed by atoms with Crippen molar-refractivity contribution in [2.75, 3.05) is 24.7 Å². The van der Waals surface area contributed by atoms with E-state index in [2.05, 4.69) is 21.5 Å². The lowest BCUT2D eigenvalue weighted by Gasteiger charge is -2.21. The Labute approximate surface area is 127 Å². The molecule has 110 valence electrons. The third kappa shape index (κ3) is 2.65. The van der Waals surface area contributed by atoms with Crippen molar-refractivity contribution in [3.05, 3.63) is 41.5 Å².